The van der Waals surface area contributed by atoms with E-state index in [0.717, 1.165) is 43.1 Å². The molecule has 0 bridgehead atoms. The minimum absolute atomic E-state index is 0.0283. The minimum Gasteiger partial charge on any atom is -0.354 e. The van der Waals surface area contributed by atoms with Gasteiger partial charge in [-0.3, -0.25) is 9.69 Å². The highest BCUT2D eigenvalue weighted by Crippen LogP contribution is 2.17. The Kier molecular flexibility index (Phi) is 5.75. The SMILES string of the molecule is Cc1cccc(C(NO)C(=O)CN2CCN(c3ccccn3)CC2)c1. The van der Waals surface area contributed by atoms with Gasteiger partial charge in [-0.1, -0.05) is 35.9 Å². The molecule has 6 heteroatoms. The summed E-state index contributed by atoms with van der Waals surface area (Å²) in [6.45, 7) is 5.57. The third-order valence-electron chi connectivity index (χ3n) is 4.55. The highest BCUT2D eigenvalue weighted by atomic mass is 16.5. The fourth-order valence-electron chi connectivity index (χ4n) is 3.17. The lowest BCUT2D eigenvalue weighted by molar-refractivity contribution is -0.125. The first-order valence-electron chi connectivity index (χ1n) is 8.54. The van der Waals surface area contributed by atoms with E-state index < -0.39 is 6.04 Å². The first kappa shape index (κ1) is 17.5. The van der Waals surface area contributed by atoms with E-state index in [9.17, 15) is 10.0 Å². The molecule has 1 fully saturated rings. The number of ketones is 1. The summed E-state index contributed by atoms with van der Waals surface area (Å²) in [6, 6.07) is 12.9. The lowest BCUT2D eigenvalue weighted by Crippen LogP contribution is -2.49. The second-order valence-electron chi connectivity index (χ2n) is 6.39. The van der Waals surface area contributed by atoms with Crippen molar-refractivity contribution in [1.82, 2.24) is 15.4 Å². The number of piperazine rings is 1. The highest BCUT2D eigenvalue weighted by Gasteiger charge is 2.25. The van der Waals surface area contributed by atoms with E-state index in [0.29, 0.717) is 6.54 Å². The number of Topliss-reactive ketones (excluding diaryl/α,β-unsaturated/α-hetero) is 1. The molecule has 2 heterocycles. The number of hydroxylamine groups is 1. The quantitative estimate of drug-likeness (QED) is 0.782. The lowest BCUT2D eigenvalue weighted by atomic mass is 10.0. The van der Waals surface area contributed by atoms with Gasteiger partial charge in [0.15, 0.2) is 5.78 Å². The standard InChI is InChI=1S/C19H24N4O2/c1-15-5-4-6-16(13-15)19(21-25)17(24)14-22-9-11-23(12-10-22)18-7-2-3-8-20-18/h2-8,13,19,21,25H,9-12,14H2,1H3. The van der Waals surface area contributed by atoms with Crippen molar-refractivity contribution in [1.29, 1.82) is 0 Å². The number of hydrogen-bond acceptors (Lipinski definition) is 6. The topological polar surface area (TPSA) is 68.7 Å². The minimum atomic E-state index is -0.686. The Morgan fingerprint density at radius 2 is 2.00 bits per heavy atom. The number of anilines is 1. The number of pyridine rings is 1. The average Bonchev–Trinajstić information content (AvgIpc) is 2.64. The number of benzene rings is 1. The monoisotopic (exact) mass is 340 g/mol. The summed E-state index contributed by atoms with van der Waals surface area (Å²) in [5.41, 5.74) is 4.03. The molecule has 1 aromatic heterocycles. The van der Waals surface area contributed by atoms with Crippen molar-refractivity contribution in [3.8, 4) is 0 Å². The van der Waals surface area contributed by atoms with Crippen LogP contribution >= 0.6 is 0 Å². The molecule has 0 radical (unpaired) electrons. The molecule has 132 valence electrons. The summed E-state index contributed by atoms with van der Waals surface area (Å²) in [6.07, 6.45) is 1.80. The van der Waals surface area contributed by atoms with Crippen LogP contribution in [0.1, 0.15) is 17.2 Å². The Bertz CT molecular complexity index is 700. The van der Waals surface area contributed by atoms with Gasteiger partial charge in [-0.25, -0.2) is 4.98 Å². The summed E-state index contributed by atoms with van der Waals surface area (Å²) in [5.74, 6) is 0.947. The zero-order valence-electron chi connectivity index (χ0n) is 14.4. The molecule has 6 nitrogen and oxygen atoms in total. The van der Waals surface area contributed by atoms with Crippen LogP contribution in [0.3, 0.4) is 0 Å². The van der Waals surface area contributed by atoms with E-state index in [1.807, 2.05) is 49.4 Å². The van der Waals surface area contributed by atoms with Crippen LogP contribution < -0.4 is 10.4 Å². The van der Waals surface area contributed by atoms with Gasteiger partial charge in [0.25, 0.3) is 0 Å². The number of aryl methyl sites for hydroxylation is 1. The highest BCUT2D eigenvalue weighted by molar-refractivity contribution is 5.87. The molecule has 0 spiro atoms. The molecule has 2 N–H and O–H groups in total. The zero-order valence-corrected chi connectivity index (χ0v) is 14.4. The van der Waals surface area contributed by atoms with Crippen LogP contribution in [0, 0.1) is 6.92 Å². The van der Waals surface area contributed by atoms with Crippen molar-refractivity contribution in [2.75, 3.05) is 37.6 Å². The van der Waals surface area contributed by atoms with Crippen LogP contribution in [0.4, 0.5) is 5.82 Å². The predicted octanol–water partition coefficient (Wildman–Crippen LogP) is 1.80. The van der Waals surface area contributed by atoms with Crippen molar-refractivity contribution in [3.63, 3.8) is 0 Å². The molecule has 1 atom stereocenters. The van der Waals surface area contributed by atoms with Gasteiger partial charge in [-0.15, -0.1) is 0 Å². The van der Waals surface area contributed by atoms with E-state index >= 15 is 0 Å². The first-order chi connectivity index (χ1) is 12.2. The predicted molar refractivity (Wildman–Crippen MR) is 96.7 cm³/mol. The summed E-state index contributed by atoms with van der Waals surface area (Å²) in [5, 5.41) is 9.46. The van der Waals surface area contributed by atoms with Crippen molar-refractivity contribution in [2.45, 2.75) is 13.0 Å². The number of aromatic nitrogens is 1. The van der Waals surface area contributed by atoms with Gasteiger partial charge < -0.3 is 10.1 Å². The molecule has 0 saturated carbocycles. The Balaban J connectivity index is 1.56. The van der Waals surface area contributed by atoms with Crippen LogP contribution in [0.5, 0.6) is 0 Å². The zero-order chi connectivity index (χ0) is 17.6. The molecular weight excluding hydrogens is 316 g/mol. The summed E-state index contributed by atoms with van der Waals surface area (Å²) in [7, 11) is 0. The van der Waals surface area contributed by atoms with Crippen molar-refractivity contribution in [2.24, 2.45) is 0 Å². The normalized spacial score (nSPS) is 16.6. The van der Waals surface area contributed by atoms with Gasteiger partial charge in [-0.2, -0.15) is 5.48 Å². The van der Waals surface area contributed by atoms with Crippen LogP contribution in [0.25, 0.3) is 0 Å². The van der Waals surface area contributed by atoms with Gasteiger partial charge in [0.2, 0.25) is 0 Å². The van der Waals surface area contributed by atoms with E-state index in [1.165, 1.54) is 0 Å². The van der Waals surface area contributed by atoms with Gasteiger partial charge in [0.05, 0.1) is 6.54 Å². The molecule has 2 aromatic rings. The van der Waals surface area contributed by atoms with Crippen LogP contribution in [-0.4, -0.2) is 53.6 Å². The van der Waals surface area contributed by atoms with Gasteiger partial charge in [0, 0.05) is 32.4 Å². The maximum absolute atomic E-state index is 12.6. The fraction of sp³-hybridized carbons (Fsp3) is 0.368. The van der Waals surface area contributed by atoms with Crippen molar-refractivity contribution < 1.29 is 10.0 Å². The number of nitrogens with zero attached hydrogens (tertiary/aromatic N) is 3. The molecular formula is C19H24N4O2. The van der Waals surface area contributed by atoms with E-state index in [4.69, 9.17) is 0 Å². The smallest absolute Gasteiger partial charge is 0.170 e. The Hall–Kier alpha value is -2.28. The van der Waals surface area contributed by atoms with E-state index in [-0.39, 0.29) is 5.78 Å². The number of carbonyl (C=O) groups is 1. The Morgan fingerprint density at radius 3 is 2.64 bits per heavy atom. The molecule has 1 aromatic carbocycles. The number of hydrogen-bond donors (Lipinski definition) is 2. The second kappa shape index (κ2) is 8.20. The number of rotatable bonds is 6. The average molecular weight is 340 g/mol. The maximum atomic E-state index is 12.6. The van der Waals surface area contributed by atoms with Crippen LogP contribution in [0.2, 0.25) is 0 Å². The maximum Gasteiger partial charge on any atom is 0.170 e. The van der Waals surface area contributed by atoms with Gasteiger partial charge in [0.1, 0.15) is 11.9 Å². The van der Waals surface area contributed by atoms with Crippen molar-refractivity contribution in [3.05, 3.63) is 59.8 Å². The Labute approximate surface area is 148 Å². The summed E-state index contributed by atoms with van der Waals surface area (Å²) >= 11 is 0. The largest absolute Gasteiger partial charge is 0.354 e. The molecule has 1 saturated heterocycles. The third kappa shape index (κ3) is 4.42. The fourth-order valence-corrected chi connectivity index (χ4v) is 3.17. The first-order valence-corrected chi connectivity index (χ1v) is 8.54. The van der Waals surface area contributed by atoms with Gasteiger partial charge in [-0.05, 0) is 24.6 Å². The molecule has 25 heavy (non-hydrogen) atoms. The van der Waals surface area contributed by atoms with E-state index in [1.54, 1.807) is 6.20 Å². The molecule has 1 aliphatic rings. The van der Waals surface area contributed by atoms with Gasteiger partial charge >= 0.3 is 0 Å². The lowest BCUT2D eigenvalue weighted by Gasteiger charge is -2.35. The third-order valence-corrected chi connectivity index (χ3v) is 4.55. The Morgan fingerprint density at radius 1 is 1.20 bits per heavy atom. The molecule has 1 aliphatic heterocycles. The van der Waals surface area contributed by atoms with E-state index in [2.05, 4.69) is 20.3 Å². The molecule has 0 aliphatic carbocycles. The van der Waals surface area contributed by atoms with Crippen LogP contribution in [-0.2, 0) is 4.79 Å². The second-order valence-corrected chi connectivity index (χ2v) is 6.39. The molecule has 3 rings (SSSR count). The van der Waals surface area contributed by atoms with Crippen LogP contribution in [0.15, 0.2) is 48.7 Å². The molecule has 0 amide bonds. The number of nitrogens with one attached hydrogen (secondary N) is 1. The molecule has 1 unspecified atom stereocenters. The number of carbonyl (C=O) groups excluding carboxylic acids is 1. The van der Waals surface area contributed by atoms with Crippen molar-refractivity contribution >= 4 is 11.6 Å². The summed E-state index contributed by atoms with van der Waals surface area (Å²) < 4.78 is 0. The summed E-state index contributed by atoms with van der Waals surface area (Å²) in [4.78, 5) is 21.3.